The first-order valence-corrected chi connectivity index (χ1v) is 11.6. The van der Waals surface area contributed by atoms with Crippen LogP contribution in [-0.2, 0) is 16.1 Å². The Morgan fingerprint density at radius 1 is 1.06 bits per heavy atom. The van der Waals surface area contributed by atoms with Crippen molar-refractivity contribution in [3.63, 3.8) is 0 Å². The number of hydrogen-bond acceptors (Lipinski definition) is 8. The van der Waals surface area contributed by atoms with Gasteiger partial charge < -0.3 is 29.2 Å². The molecule has 3 aromatic rings. The van der Waals surface area contributed by atoms with Gasteiger partial charge in [0, 0.05) is 4.90 Å². The van der Waals surface area contributed by atoms with E-state index in [1.54, 1.807) is 18.2 Å². The molecule has 0 bridgehead atoms. The molecule has 34 heavy (non-hydrogen) atoms. The van der Waals surface area contributed by atoms with E-state index in [4.69, 9.17) is 37.1 Å². The monoisotopic (exact) mass is 534 g/mol. The van der Waals surface area contributed by atoms with Crippen molar-refractivity contribution in [2.75, 3.05) is 6.61 Å². The Kier molecular flexibility index (Phi) is 7.80. The zero-order valence-electron chi connectivity index (χ0n) is 17.2. The summed E-state index contributed by atoms with van der Waals surface area (Å²) < 4.78 is 43.9. The number of aliphatic hydroxyl groups is 3. The zero-order valence-corrected chi connectivity index (χ0v) is 19.5. The van der Waals surface area contributed by atoms with Crippen LogP contribution in [0.3, 0.4) is 0 Å². The summed E-state index contributed by atoms with van der Waals surface area (Å²) in [5, 5.41) is 31.3. The molecule has 1 aromatic heterocycles. The minimum atomic E-state index is -1.45. The molecule has 0 aliphatic carbocycles. The van der Waals surface area contributed by atoms with Crippen molar-refractivity contribution < 1.29 is 38.0 Å². The normalized spacial score (nSPS) is 25.1. The molecule has 0 amide bonds. The maximum atomic E-state index is 14.1. The Hall–Kier alpha value is -1.76. The molecule has 1 saturated heterocycles. The zero-order chi connectivity index (χ0) is 24.6. The summed E-state index contributed by atoms with van der Waals surface area (Å²) in [5.74, 6) is -2.30. The first-order valence-electron chi connectivity index (χ1n) is 9.96. The molecule has 1 fully saturated rings. The average Bonchev–Trinajstić information content (AvgIpc) is 2.81. The Labute approximate surface area is 205 Å². The molecule has 1 aliphatic rings. The van der Waals surface area contributed by atoms with E-state index >= 15 is 0 Å². The van der Waals surface area contributed by atoms with Crippen LogP contribution in [0.2, 0.25) is 10.0 Å². The highest BCUT2D eigenvalue weighted by atomic mass is 35.5. The predicted octanol–water partition coefficient (Wildman–Crippen LogP) is 3.49. The summed E-state index contributed by atoms with van der Waals surface area (Å²) in [7, 11) is 0. The second kappa shape index (κ2) is 10.5. The summed E-state index contributed by atoms with van der Waals surface area (Å²) in [5.41, 5.74) is -2.13. The number of aliphatic hydroxyl groups excluding tert-OH is 3. The summed E-state index contributed by atoms with van der Waals surface area (Å²) in [6.45, 7) is -1.07. The van der Waals surface area contributed by atoms with Crippen molar-refractivity contribution in [2.45, 2.75) is 41.4 Å². The third kappa shape index (κ3) is 5.09. The van der Waals surface area contributed by atoms with Gasteiger partial charge in [-0.15, -0.1) is 0 Å². The van der Waals surface area contributed by atoms with Gasteiger partial charge in [0.1, 0.15) is 35.4 Å². The Bertz CT molecular complexity index is 1260. The van der Waals surface area contributed by atoms with Gasteiger partial charge in [-0.05, 0) is 36.4 Å². The summed E-state index contributed by atoms with van der Waals surface area (Å²) in [6.07, 6.45) is -5.25. The quantitative estimate of drug-likeness (QED) is 0.412. The highest BCUT2D eigenvalue weighted by Crippen LogP contribution is 2.37. The lowest BCUT2D eigenvalue weighted by atomic mass is 10.00. The van der Waals surface area contributed by atoms with Gasteiger partial charge in [-0.3, -0.25) is 0 Å². The highest BCUT2D eigenvalue weighted by molar-refractivity contribution is 7.99. The van der Waals surface area contributed by atoms with Gasteiger partial charge in [-0.25, -0.2) is 13.6 Å². The molecule has 12 heteroatoms. The first kappa shape index (κ1) is 25.3. The second-order valence-corrected chi connectivity index (χ2v) is 9.49. The molecule has 182 valence electrons. The largest absolute Gasteiger partial charge is 0.422 e. The van der Waals surface area contributed by atoms with Crippen LogP contribution in [0, 0.1) is 11.6 Å². The molecule has 0 spiro atoms. The third-order valence-corrected chi connectivity index (χ3v) is 7.16. The van der Waals surface area contributed by atoms with Crippen molar-refractivity contribution in [1.29, 1.82) is 0 Å². The number of halogens is 4. The fourth-order valence-electron chi connectivity index (χ4n) is 3.49. The maximum absolute atomic E-state index is 14.1. The number of thioether (sulfide) groups is 1. The Balaban J connectivity index is 1.56. The highest BCUT2D eigenvalue weighted by Gasteiger charge is 2.45. The van der Waals surface area contributed by atoms with E-state index in [9.17, 15) is 28.9 Å². The summed E-state index contributed by atoms with van der Waals surface area (Å²) in [6, 6.07) is 7.83. The lowest BCUT2D eigenvalue weighted by Crippen LogP contribution is -2.58. The number of fused-ring (bicyclic) bond motifs is 1. The van der Waals surface area contributed by atoms with E-state index < -0.39 is 60.3 Å². The van der Waals surface area contributed by atoms with Gasteiger partial charge in [0.2, 0.25) is 0 Å². The van der Waals surface area contributed by atoms with Crippen molar-refractivity contribution in [3.05, 3.63) is 74.1 Å². The smallest absolute Gasteiger partial charge is 0.341 e. The number of ether oxygens (including phenoxy) is 2. The summed E-state index contributed by atoms with van der Waals surface area (Å²) >= 11 is 13.0. The Morgan fingerprint density at radius 3 is 2.53 bits per heavy atom. The molecule has 0 saturated carbocycles. The van der Waals surface area contributed by atoms with E-state index in [-0.39, 0.29) is 21.6 Å². The first-order chi connectivity index (χ1) is 16.2. The number of rotatable bonds is 6. The summed E-state index contributed by atoms with van der Waals surface area (Å²) in [4.78, 5) is 12.9. The molecule has 2 aromatic carbocycles. The van der Waals surface area contributed by atoms with Gasteiger partial charge >= 0.3 is 5.63 Å². The van der Waals surface area contributed by atoms with Crippen LogP contribution in [0.25, 0.3) is 11.0 Å². The van der Waals surface area contributed by atoms with Gasteiger partial charge in [0.05, 0.1) is 34.2 Å². The van der Waals surface area contributed by atoms with Gasteiger partial charge in [0.15, 0.2) is 11.6 Å². The lowest BCUT2D eigenvalue weighted by molar-refractivity contribution is -0.223. The second-order valence-electron chi connectivity index (χ2n) is 7.51. The minimum Gasteiger partial charge on any atom is -0.422 e. The Morgan fingerprint density at radius 2 is 1.82 bits per heavy atom. The lowest BCUT2D eigenvalue weighted by Gasteiger charge is -2.41. The molecular formula is C22H18Cl2F2O7S. The fraction of sp³-hybridized carbons (Fsp3) is 0.318. The molecular weight excluding hydrogens is 517 g/mol. The van der Waals surface area contributed by atoms with Crippen LogP contribution >= 0.6 is 35.0 Å². The minimum absolute atomic E-state index is 0.141. The van der Waals surface area contributed by atoms with Crippen LogP contribution < -0.4 is 5.63 Å². The van der Waals surface area contributed by atoms with E-state index in [2.05, 4.69) is 0 Å². The SMILES string of the molecule is O=c1oc2ccc(F)c(F)c2cc1COC1C(O)[C@H](Sc2ccc(Cl)c(Cl)c2)OC(CO)[C@@H]1O. The molecule has 4 rings (SSSR count). The van der Waals surface area contributed by atoms with Crippen LogP contribution in [0.1, 0.15) is 5.56 Å². The van der Waals surface area contributed by atoms with Gasteiger partial charge in [0.25, 0.3) is 0 Å². The van der Waals surface area contributed by atoms with Crippen LogP contribution in [0.5, 0.6) is 0 Å². The van der Waals surface area contributed by atoms with Crippen LogP contribution in [0.15, 0.2) is 50.5 Å². The number of hydrogen-bond donors (Lipinski definition) is 3. The van der Waals surface area contributed by atoms with Crippen molar-refractivity contribution in [3.8, 4) is 0 Å². The molecule has 7 nitrogen and oxygen atoms in total. The standard InChI is InChI=1S/C22H18Cl2F2O7S/c23-12-2-1-10(6-13(12)24)34-22-19(29)20(18(28)16(7-27)33-22)31-8-9-5-11-15(32-21(9)30)4-3-14(25)17(11)26/h1-6,16,18-20,22,27-29H,7-8H2/t16?,18-,19?,20?,22-/m0/s1. The fourth-order valence-corrected chi connectivity index (χ4v) is 4.95. The van der Waals surface area contributed by atoms with Crippen LogP contribution in [0.4, 0.5) is 8.78 Å². The van der Waals surface area contributed by atoms with Crippen LogP contribution in [-0.4, -0.2) is 51.8 Å². The van der Waals surface area contributed by atoms with Crippen molar-refractivity contribution in [1.82, 2.24) is 0 Å². The number of benzene rings is 2. The molecule has 2 heterocycles. The average molecular weight is 535 g/mol. The van der Waals surface area contributed by atoms with Crippen molar-refractivity contribution >= 4 is 45.9 Å². The molecule has 5 atom stereocenters. The van der Waals surface area contributed by atoms with Gasteiger partial charge in [-0.2, -0.15) is 0 Å². The third-order valence-electron chi connectivity index (χ3n) is 5.27. The van der Waals surface area contributed by atoms with E-state index in [1.807, 2.05) is 0 Å². The molecule has 0 radical (unpaired) electrons. The van der Waals surface area contributed by atoms with Crippen molar-refractivity contribution in [2.24, 2.45) is 0 Å². The topological polar surface area (TPSA) is 109 Å². The maximum Gasteiger partial charge on any atom is 0.341 e. The molecule has 3 unspecified atom stereocenters. The van der Waals surface area contributed by atoms with E-state index in [0.29, 0.717) is 9.92 Å². The predicted molar refractivity (Wildman–Crippen MR) is 121 cm³/mol. The van der Waals surface area contributed by atoms with E-state index in [0.717, 1.165) is 30.0 Å². The van der Waals surface area contributed by atoms with Gasteiger partial charge in [-0.1, -0.05) is 35.0 Å². The molecule has 1 aliphatic heterocycles. The van der Waals surface area contributed by atoms with E-state index in [1.165, 1.54) is 0 Å². The molecule has 3 N–H and O–H groups in total.